The minimum Gasteiger partial charge on any atom is -0.305 e. The van der Waals surface area contributed by atoms with Crippen molar-refractivity contribution in [2.75, 3.05) is 5.43 Å². The highest BCUT2D eigenvalue weighted by atomic mass is 35.5. The predicted molar refractivity (Wildman–Crippen MR) is 77.7 cm³/mol. The minimum absolute atomic E-state index is 0.311. The normalized spacial score (nSPS) is 10.4. The van der Waals surface area contributed by atoms with E-state index in [0.29, 0.717) is 16.4 Å². The number of hydrazine groups is 1. The Morgan fingerprint density at radius 1 is 1.10 bits per heavy atom. The summed E-state index contributed by atoms with van der Waals surface area (Å²) in [5, 5.41) is 0.587. The lowest BCUT2D eigenvalue weighted by Gasteiger charge is -2.06. The Labute approximate surface area is 120 Å². The summed E-state index contributed by atoms with van der Waals surface area (Å²) < 4.78 is 1.71. The maximum Gasteiger partial charge on any atom is 0.289 e. The van der Waals surface area contributed by atoms with Gasteiger partial charge in [0.2, 0.25) is 0 Å². The molecular weight excluding hydrogens is 276 g/mol. The minimum atomic E-state index is -0.311. The number of amides is 1. The zero-order chi connectivity index (χ0) is 13.9. The van der Waals surface area contributed by atoms with Crippen molar-refractivity contribution < 1.29 is 4.79 Å². The number of pyridine rings is 1. The Bertz CT molecular complexity index is 754. The number of hydrogen-bond acceptors (Lipinski definition) is 3. The van der Waals surface area contributed by atoms with E-state index in [1.54, 1.807) is 28.9 Å². The fourth-order valence-corrected chi connectivity index (χ4v) is 1.96. The molecule has 20 heavy (non-hydrogen) atoms. The van der Waals surface area contributed by atoms with Crippen LogP contribution in [0.15, 0.2) is 54.9 Å². The first-order chi connectivity index (χ1) is 9.72. The zero-order valence-electron chi connectivity index (χ0n) is 10.4. The van der Waals surface area contributed by atoms with Crippen LogP contribution in [0.5, 0.6) is 0 Å². The van der Waals surface area contributed by atoms with Gasteiger partial charge in [-0.15, -0.1) is 0 Å². The number of nitrogens with zero attached hydrogens (tertiary/aromatic N) is 2. The van der Waals surface area contributed by atoms with E-state index in [0.717, 1.165) is 5.69 Å². The first-order valence-electron chi connectivity index (χ1n) is 5.98. The van der Waals surface area contributed by atoms with E-state index in [2.05, 4.69) is 15.8 Å². The van der Waals surface area contributed by atoms with Crippen LogP contribution in [0.1, 0.15) is 10.5 Å². The van der Waals surface area contributed by atoms with Crippen molar-refractivity contribution in [2.45, 2.75) is 0 Å². The topological polar surface area (TPSA) is 58.4 Å². The zero-order valence-corrected chi connectivity index (χ0v) is 11.1. The molecule has 0 unspecified atom stereocenters. The Morgan fingerprint density at radius 2 is 1.90 bits per heavy atom. The molecule has 5 nitrogen and oxygen atoms in total. The summed E-state index contributed by atoms with van der Waals surface area (Å²) in [4.78, 5) is 16.2. The highest BCUT2D eigenvalue weighted by Gasteiger charge is 2.10. The molecule has 0 saturated heterocycles. The molecule has 6 heteroatoms. The number of anilines is 1. The average molecular weight is 287 g/mol. The molecule has 0 bridgehead atoms. The number of imidazole rings is 1. The van der Waals surface area contributed by atoms with E-state index >= 15 is 0 Å². The molecule has 3 rings (SSSR count). The standard InChI is InChI=1S/C14H11ClN4O/c15-10-6-7-13-16-12(9-19(13)8-10)14(20)18-17-11-4-2-1-3-5-11/h1-9,17H,(H,18,20). The van der Waals surface area contributed by atoms with Crippen LogP contribution in [0, 0.1) is 0 Å². The van der Waals surface area contributed by atoms with Gasteiger partial charge in [-0.05, 0) is 24.3 Å². The maximum atomic E-state index is 12.0. The van der Waals surface area contributed by atoms with E-state index < -0.39 is 0 Å². The van der Waals surface area contributed by atoms with Gasteiger partial charge in [-0.3, -0.25) is 15.6 Å². The van der Waals surface area contributed by atoms with Crippen LogP contribution in [0.25, 0.3) is 5.65 Å². The molecule has 2 N–H and O–H groups in total. The number of fused-ring (bicyclic) bond motifs is 1. The number of rotatable bonds is 3. The SMILES string of the molecule is O=C(NNc1ccccc1)c1cn2cc(Cl)ccc2n1. The summed E-state index contributed by atoms with van der Waals surface area (Å²) in [6.45, 7) is 0. The summed E-state index contributed by atoms with van der Waals surface area (Å²) in [5.41, 5.74) is 7.20. The molecule has 2 heterocycles. The van der Waals surface area contributed by atoms with Gasteiger partial charge < -0.3 is 4.40 Å². The van der Waals surface area contributed by atoms with Gasteiger partial charge in [0.1, 0.15) is 11.3 Å². The van der Waals surface area contributed by atoms with E-state index in [-0.39, 0.29) is 5.91 Å². The summed E-state index contributed by atoms with van der Waals surface area (Å²) >= 11 is 5.89. The molecule has 0 saturated carbocycles. The molecule has 100 valence electrons. The Morgan fingerprint density at radius 3 is 2.70 bits per heavy atom. The molecule has 2 aromatic heterocycles. The molecule has 1 aromatic carbocycles. The van der Waals surface area contributed by atoms with E-state index in [9.17, 15) is 4.79 Å². The molecule has 3 aromatic rings. The van der Waals surface area contributed by atoms with Crippen molar-refractivity contribution in [3.8, 4) is 0 Å². The van der Waals surface area contributed by atoms with Crippen LogP contribution >= 0.6 is 11.6 Å². The fourth-order valence-electron chi connectivity index (χ4n) is 1.79. The van der Waals surface area contributed by atoms with Crippen LogP contribution in [0.2, 0.25) is 5.02 Å². The number of halogens is 1. The Kier molecular flexibility index (Phi) is 3.26. The van der Waals surface area contributed by atoms with Crippen molar-refractivity contribution in [1.82, 2.24) is 14.8 Å². The molecule has 0 aliphatic heterocycles. The molecular formula is C14H11ClN4O. The number of nitrogens with one attached hydrogen (secondary N) is 2. The molecule has 1 amide bonds. The van der Waals surface area contributed by atoms with E-state index in [4.69, 9.17) is 11.6 Å². The second kappa shape index (κ2) is 5.22. The number of carbonyl (C=O) groups excluding carboxylic acids is 1. The van der Waals surface area contributed by atoms with Crippen LogP contribution in [0.4, 0.5) is 5.69 Å². The van der Waals surface area contributed by atoms with Crippen LogP contribution in [-0.4, -0.2) is 15.3 Å². The van der Waals surface area contributed by atoms with Gasteiger partial charge in [0.05, 0.1) is 10.7 Å². The molecule has 0 aliphatic rings. The second-order valence-electron chi connectivity index (χ2n) is 4.18. The smallest absolute Gasteiger partial charge is 0.289 e. The van der Waals surface area contributed by atoms with Gasteiger partial charge in [-0.2, -0.15) is 0 Å². The average Bonchev–Trinajstić information content (AvgIpc) is 2.89. The molecule has 0 aliphatic carbocycles. The molecule has 0 spiro atoms. The van der Waals surface area contributed by atoms with Gasteiger partial charge in [-0.25, -0.2) is 4.98 Å². The highest BCUT2D eigenvalue weighted by Crippen LogP contribution is 2.11. The van der Waals surface area contributed by atoms with Gasteiger partial charge in [0, 0.05) is 12.4 Å². The van der Waals surface area contributed by atoms with Gasteiger partial charge in [-0.1, -0.05) is 29.8 Å². The third-order valence-electron chi connectivity index (χ3n) is 2.74. The van der Waals surface area contributed by atoms with E-state index in [1.807, 2.05) is 30.3 Å². The van der Waals surface area contributed by atoms with Crippen LogP contribution in [0.3, 0.4) is 0 Å². The van der Waals surface area contributed by atoms with Gasteiger partial charge in [0.15, 0.2) is 0 Å². The summed E-state index contributed by atoms with van der Waals surface area (Å²) in [6, 6.07) is 12.8. The molecule has 0 atom stereocenters. The lowest BCUT2D eigenvalue weighted by atomic mass is 10.3. The first kappa shape index (κ1) is 12.5. The van der Waals surface area contributed by atoms with Crippen molar-refractivity contribution in [1.29, 1.82) is 0 Å². The Balaban J connectivity index is 1.75. The van der Waals surface area contributed by atoms with Crippen LogP contribution < -0.4 is 10.9 Å². The third kappa shape index (κ3) is 2.57. The van der Waals surface area contributed by atoms with Crippen molar-refractivity contribution in [2.24, 2.45) is 0 Å². The second-order valence-corrected chi connectivity index (χ2v) is 4.62. The quantitative estimate of drug-likeness (QED) is 0.728. The number of para-hydroxylation sites is 1. The monoisotopic (exact) mass is 286 g/mol. The van der Waals surface area contributed by atoms with Gasteiger partial charge in [0.25, 0.3) is 5.91 Å². The van der Waals surface area contributed by atoms with Crippen molar-refractivity contribution in [3.63, 3.8) is 0 Å². The number of carbonyl (C=O) groups is 1. The number of benzene rings is 1. The summed E-state index contributed by atoms with van der Waals surface area (Å²) in [6.07, 6.45) is 3.33. The fraction of sp³-hybridized carbons (Fsp3) is 0. The van der Waals surface area contributed by atoms with Crippen molar-refractivity contribution in [3.05, 3.63) is 65.6 Å². The third-order valence-corrected chi connectivity index (χ3v) is 2.97. The largest absolute Gasteiger partial charge is 0.305 e. The lowest BCUT2D eigenvalue weighted by molar-refractivity contribution is 0.0958. The number of aromatic nitrogens is 2. The lowest BCUT2D eigenvalue weighted by Crippen LogP contribution is -2.29. The predicted octanol–water partition coefficient (Wildman–Crippen LogP) is 2.74. The van der Waals surface area contributed by atoms with Crippen molar-refractivity contribution >= 4 is 28.8 Å². The highest BCUT2D eigenvalue weighted by molar-refractivity contribution is 6.30. The summed E-state index contributed by atoms with van der Waals surface area (Å²) in [7, 11) is 0. The first-order valence-corrected chi connectivity index (χ1v) is 6.36. The molecule has 0 radical (unpaired) electrons. The summed E-state index contributed by atoms with van der Waals surface area (Å²) in [5.74, 6) is -0.311. The molecule has 0 fully saturated rings. The number of hydrogen-bond donors (Lipinski definition) is 2. The van der Waals surface area contributed by atoms with E-state index in [1.165, 1.54) is 0 Å². The van der Waals surface area contributed by atoms with Gasteiger partial charge >= 0.3 is 0 Å². The maximum absolute atomic E-state index is 12.0. The Hall–Kier alpha value is -2.53. The van der Waals surface area contributed by atoms with Crippen LogP contribution in [-0.2, 0) is 0 Å².